The molecule has 0 heterocycles. The number of amides is 2. The number of aryl methyl sites for hydroxylation is 1. The number of nitrogens with two attached hydrogens (primary N) is 1. The Morgan fingerprint density at radius 2 is 1.79 bits per heavy atom. The second kappa shape index (κ2) is 7.17. The molecule has 3 N–H and O–H groups in total. The Kier molecular flexibility index (Phi) is 5.24. The van der Waals surface area contributed by atoms with E-state index in [9.17, 15) is 14.7 Å². The van der Waals surface area contributed by atoms with Gasteiger partial charge in [0, 0.05) is 30.6 Å². The lowest BCUT2D eigenvalue weighted by molar-refractivity contribution is -0.118. The number of carbonyl (C=O) groups excluding carboxylic acids is 2. The van der Waals surface area contributed by atoms with Crippen LogP contribution in [0.2, 0.25) is 0 Å². The van der Waals surface area contributed by atoms with Gasteiger partial charge in [-0.2, -0.15) is 0 Å². The highest BCUT2D eigenvalue weighted by Crippen LogP contribution is 2.30. The predicted molar refractivity (Wildman–Crippen MR) is 93.6 cm³/mol. The third kappa shape index (κ3) is 3.93. The second-order valence-corrected chi connectivity index (χ2v) is 6.03. The van der Waals surface area contributed by atoms with Gasteiger partial charge in [0.25, 0.3) is 5.91 Å². The summed E-state index contributed by atoms with van der Waals surface area (Å²) in [5.74, 6) is -0.414. The second-order valence-electron chi connectivity index (χ2n) is 6.03. The van der Waals surface area contributed by atoms with Gasteiger partial charge in [-0.05, 0) is 43.7 Å². The molecule has 2 aromatic carbocycles. The van der Waals surface area contributed by atoms with E-state index in [0.717, 1.165) is 16.7 Å². The fraction of sp³-hybridized carbons (Fsp3) is 0.263. The van der Waals surface area contributed by atoms with E-state index in [2.05, 4.69) is 0 Å². The van der Waals surface area contributed by atoms with E-state index >= 15 is 0 Å². The number of aromatic hydroxyl groups is 1. The first-order valence-electron chi connectivity index (χ1n) is 7.75. The summed E-state index contributed by atoms with van der Waals surface area (Å²) in [6.07, 6.45) is 0.123. The van der Waals surface area contributed by atoms with Crippen molar-refractivity contribution < 1.29 is 14.7 Å². The van der Waals surface area contributed by atoms with Crippen LogP contribution in [-0.2, 0) is 4.79 Å². The summed E-state index contributed by atoms with van der Waals surface area (Å²) < 4.78 is 0. The number of hydrogen-bond donors (Lipinski definition) is 2. The van der Waals surface area contributed by atoms with E-state index in [1.807, 2.05) is 19.1 Å². The van der Waals surface area contributed by atoms with Gasteiger partial charge in [-0.15, -0.1) is 0 Å². The van der Waals surface area contributed by atoms with Crippen LogP contribution < -0.4 is 5.73 Å². The molecule has 0 radical (unpaired) electrons. The SMILES string of the molecule is Cc1ccc(O)c(-c2ccc(C(=O)N(C)[C@@H](C)CC(N)=O)cc2)c1. The summed E-state index contributed by atoms with van der Waals surface area (Å²) >= 11 is 0. The fourth-order valence-corrected chi connectivity index (χ4v) is 2.51. The number of hydrogen-bond acceptors (Lipinski definition) is 3. The van der Waals surface area contributed by atoms with E-state index in [4.69, 9.17) is 5.73 Å². The maximum absolute atomic E-state index is 12.5. The number of phenolic OH excluding ortho intramolecular Hbond substituents is 1. The van der Waals surface area contributed by atoms with Gasteiger partial charge in [-0.25, -0.2) is 0 Å². The quantitative estimate of drug-likeness (QED) is 0.886. The van der Waals surface area contributed by atoms with Crippen LogP contribution in [0.25, 0.3) is 11.1 Å². The maximum atomic E-state index is 12.5. The zero-order valence-electron chi connectivity index (χ0n) is 14.1. The van der Waals surface area contributed by atoms with Crippen LogP contribution >= 0.6 is 0 Å². The van der Waals surface area contributed by atoms with Gasteiger partial charge in [0.2, 0.25) is 5.91 Å². The molecule has 24 heavy (non-hydrogen) atoms. The minimum Gasteiger partial charge on any atom is -0.507 e. The fourth-order valence-electron chi connectivity index (χ4n) is 2.51. The molecule has 5 nitrogen and oxygen atoms in total. The first-order chi connectivity index (χ1) is 11.3. The van der Waals surface area contributed by atoms with Crippen molar-refractivity contribution in [3.63, 3.8) is 0 Å². The Hall–Kier alpha value is -2.82. The first kappa shape index (κ1) is 17.5. The molecule has 2 aromatic rings. The zero-order chi connectivity index (χ0) is 17.9. The highest BCUT2D eigenvalue weighted by atomic mass is 16.3. The van der Waals surface area contributed by atoms with Crippen LogP contribution in [-0.4, -0.2) is 34.9 Å². The van der Waals surface area contributed by atoms with E-state index in [-0.39, 0.29) is 24.1 Å². The van der Waals surface area contributed by atoms with E-state index < -0.39 is 5.91 Å². The van der Waals surface area contributed by atoms with Crippen LogP contribution in [0.1, 0.15) is 29.3 Å². The van der Waals surface area contributed by atoms with Crippen molar-refractivity contribution in [2.24, 2.45) is 5.73 Å². The normalized spacial score (nSPS) is 11.8. The van der Waals surface area contributed by atoms with E-state index in [0.29, 0.717) is 5.56 Å². The van der Waals surface area contributed by atoms with Gasteiger partial charge in [0.05, 0.1) is 0 Å². The first-order valence-corrected chi connectivity index (χ1v) is 7.75. The zero-order valence-corrected chi connectivity index (χ0v) is 14.1. The molecule has 0 fully saturated rings. The van der Waals surface area contributed by atoms with Crippen LogP contribution in [0.5, 0.6) is 5.75 Å². The van der Waals surface area contributed by atoms with Gasteiger partial charge >= 0.3 is 0 Å². The van der Waals surface area contributed by atoms with Gasteiger partial charge in [0.1, 0.15) is 5.75 Å². The highest BCUT2D eigenvalue weighted by Gasteiger charge is 2.19. The molecular formula is C19H22N2O3. The van der Waals surface area contributed by atoms with Crippen molar-refractivity contribution in [2.75, 3.05) is 7.05 Å². The third-order valence-electron chi connectivity index (χ3n) is 4.07. The molecule has 0 saturated heterocycles. The Morgan fingerprint density at radius 3 is 2.38 bits per heavy atom. The van der Waals surface area contributed by atoms with Crippen LogP contribution in [0.15, 0.2) is 42.5 Å². The topological polar surface area (TPSA) is 83.6 Å². The van der Waals surface area contributed by atoms with Gasteiger partial charge < -0.3 is 15.7 Å². The molecule has 0 aliphatic rings. The van der Waals surface area contributed by atoms with Crippen molar-refractivity contribution in [1.82, 2.24) is 4.90 Å². The smallest absolute Gasteiger partial charge is 0.253 e. The van der Waals surface area contributed by atoms with Crippen molar-refractivity contribution >= 4 is 11.8 Å². The number of primary amides is 1. The van der Waals surface area contributed by atoms with Gasteiger partial charge in [0.15, 0.2) is 0 Å². The minimum atomic E-state index is -0.438. The molecule has 5 heteroatoms. The summed E-state index contributed by atoms with van der Waals surface area (Å²) in [6.45, 7) is 3.73. The monoisotopic (exact) mass is 326 g/mol. The lowest BCUT2D eigenvalue weighted by atomic mass is 10.0. The number of rotatable bonds is 5. The molecule has 0 unspecified atom stereocenters. The van der Waals surface area contributed by atoms with E-state index in [1.165, 1.54) is 4.90 Å². The Labute approximate surface area is 141 Å². The Bertz CT molecular complexity index is 754. The number of phenols is 1. The molecule has 126 valence electrons. The van der Waals surface area contributed by atoms with Crippen molar-refractivity contribution in [3.8, 4) is 16.9 Å². The largest absolute Gasteiger partial charge is 0.507 e. The van der Waals surface area contributed by atoms with Crippen molar-refractivity contribution in [2.45, 2.75) is 26.3 Å². The standard InChI is InChI=1S/C19H22N2O3/c1-12-4-9-17(22)16(10-12)14-5-7-15(8-6-14)19(24)21(3)13(2)11-18(20)23/h4-10,13,22H,11H2,1-3H3,(H2,20,23)/t13-/m0/s1. The predicted octanol–water partition coefficient (Wildman–Crippen LogP) is 2.70. The number of nitrogens with zero attached hydrogens (tertiary/aromatic N) is 1. The van der Waals surface area contributed by atoms with Crippen molar-refractivity contribution in [3.05, 3.63) is 53.6 Å². The maximum Gasteiger partial charge on any atom is 0.253 e. The highest BCUT2D eigenvalue weighted by molar-refractivity contribution is 5.95. The van der Waals surface area contributed by atoms with Gasteiger partial charge in [-0.3, -0.25) is 9.59 Å². The molecule has 0 aliphatic heterocycles. The molecular weight excluding hydrogens is 304 g/mol. The lowest BCUT2D eigenvalue weighted by Gasteiger charge is -2.24. The van der Waals surface area contributed by atoms with Crippen molar-refractivity contribution in [1.29, 1.82) is 0 Å². The summed E-state index contributed by atoms with van der Waals surface area (Å²) in [5, 5.41) is 9.99. The molecule has 2 amide bonds. The Morgan fingerprint density at radius 1 is 1.17 bits per heavy atom. The average Bonchev–Trinajstić information content (AvgIpc) is 2.55. The average molecular weight is 326 g/mol. The molecule has 0 spiro atoms. The third-order valence-corrected chi connectivity index (χ3v) is 4.07. The summed E-state index contributed by atoms with van der Waals surface area (Å²) in [7, 11) is 1.65. The number of carbonyl (C=O) groups is 2. The van der Waals surface area contributed by atoms with Crippen LogP contribution in [0.3, 0.4) is 0 Å². The molecule has 0 saturated carbocycles. The summed E-state index contributed by atoms with van der Waals surface area (Å²) in [4.78, 5) is 25.0. The molecule has 2 rings (SSSR count). The number of benzene rings is 2. The van der Waals surface area contributed by atoms with E-state index in [1.54, 1.807) is 44.3 Å². The minimum absolute atomic E-state index is 0.123. The summed E-state index contributed by atoms with van der Waals surface area (Å²) in [6, 6.07) is 12.2. The lowest BCUT2D eigenvalue weighted by Crippen LogP contribution is -2.37. The molecule has 0 aliphatic carbocycles. The molecule has 1 atom stereocenters. The molecule has 0 aromatic heterocycles. The van der Waals surface area contributed by atoms with Crippen LogP contribution in [0.4, 0.5) is 0 Å². The Balaban J connectivity index is 2.21. The van der Waals surface area contributed by atoms with Crippen LogP contribution in [0, 0.1) is 6.92 Å². The summed E-state index contributed by atoms with van der Waals surface area (Å²) in [5.41, 5.74) is 8.30. The van der Waals surface area contributed by atoms with Gasteiger partial charge in [-0.1, -0.05) is 23.8 Å². The molecule has 0 bridgehead atoms.